The van der Waals surface area contributed by atoms with Gasteiger partial charge in [0.15, 0.2) is 0 Å². The quantitative estimate of drug-likeness (QED) is 0.329. The van der Waals surface area contributed by atoms with Crippen molar-refractivity contribution in [1.29, 1.82) is 0 Å². The van der Waals surface area contributed by atoms with Gasteiger partial charge in [0.05, 0.1) is 0 Å². The molecule has 0 aliphatic carbocycles. The summed E-state index contributed by atoms with van der Waals surface area (Å²) in [6.45, 7) is 8.58. The molecule has 0 saturated carbocycles. The van der Waals surface area contributed by atoms with Gasteiger partial charge in [0.25, 0.3) is 0 Å². The molecule has 0 aromatic heterocycles. The maximum atomic E-state index is 5.86. The fourth-order valence-electron chi connectivity index (χ4n) is 2.28. The summed E-state index contributed by atoms with van der Waals surface area (Å²) < 4.78 is 18.4. The first kappa shape index (κ1) is 21.6. The Morgan fingerprint density at radius 2 is 1.62 bits per heavy atom. The van der Waals surface area contributed by atoms with E-state index in [4.69, 9.17) is 25.5 Å². The second kappa shape index (κ2) is 12.9. The molecule has 1 N–H and O–H groups in total. The van der Waals surface area contributed by atoms with Gasteiger partial charge in [-0.2, -0.15) is 0 Å². The van der Waals surface area contributed by atoms with Crippen LogP contribution in [0.5, 0.6) is 0 Å². The van der Waals surface area contributed by atoms with E-state index in [-0.39, 0.29) is 0 Å². The lowest BCUT2D eigenvalue weighted by molar-refractivity contribution is 0.0712. The molecule has 0 aliphatic heterocycles. The fraction of sp³-hybridized carbons (Fsp3) is 0.588. The van der Waals surface area contributed by atoms with E-state index < -0.39 is 8.80 Å². The summed E-state index contributed by atoms with van der Waals surface area (Å²) in [5, 5.41) is 3.28. The van der Waals surface area contributed by atoms with Crippen LogP contribution in [0.2, 0.25) is 6.04 Å². The first-order chi connectivity index (χ1) is 11.7. The highest BCUT2D eigenvalue weighted by molar-refractivity contribution is 8.22. The lowest BCUT2D eigenvalue weighted by atomic mass is 10.2. The van der Waals surface area contributed by atoms with Gasteiger partial charge in [-0.05, 0) is 32.8 Å². The molecule has 136 valence electrons. The van der Waals surface area contributed by atoms with Gasteiger partial charge in [-0.15, -0.1) is 0 Å². The summed E-state index contributed by atoms with van der Waals surface area (Å²) in [6, 6.07) is 11.1. The molecule has 1 rings (SSSR count). The van der Waals surface area contributed by atoms with E-state index in [1.165, 1.54) is 5.56 Å². The molecule has 0 bridgehead atoms. The highest BCUT2D eigenvalue weighted by Gasteiger charge is 2.39. The smallest absolute Gasteiger partial charge is 0.374 e. The first-order valence-electron chi connectivity index (χ1n) is 8.52. The van der Waals surface area contributed by atoms with Crippen molar-refractivity contribution in [2.24, 2.45) is 0 Å². The van der Waals surface area contributed by atoms with E-state index in [2.05, 4.69) is 17.4 Å². The fourth-order valence-corrected chi connectivity index (χ4v) is 6.11. The van der Waals surface area contributed by atoms with E-state index in [9.17, 15) is 0 Å². The maximum Gasteiger partial charge on any atom is 0.500 e. The highest BCUT2D eigenvalue weighted by atomic mass is 32.2. The van der Waals surface area contributed by atoms with Crippen LogP contribution >= 0.6 is 24.0 Å². The Morgan fingerprint density at radius 3 is 2.17 bits per heavy atom. The molecule has 7 heteroatoms. The number of thiocarbonyl (C=S) groups is 1. The first-order valence-corrected chi connectivity index (χ1v) is 11.8. The maximum absolute atomic E-state index is 5.86. The Morgan fingerprint density at radius 1 is 1.04 bits per heavy atom. The van der Waals surface area contributed by atoms with Gasteiger partial charge in [-0.3, -0.25) is 0 Å². The van der Waals surface area contributed by atoms with E-state index in [1.807, 2.05) is 39.0 Å². The molecular formula is C17H29NO3S2Si. The van der Waals surface area contributed by atoms with Crippen LogP contribution in [0.25, 0.3) is 0 Å². The van der Waals surface area contributed by atoms with Crippen LogP contribution in [0.4, 0.5) is 0 Å². The Labute approximate surface area is 157 Å². The number of nitrogens with one attached hydrogen (secondary N) is 1. The van der Waals surface area contributed by atoms with Gasteiger partial charge in [-0.1, -0.05) is 54.3 Å². The van der Waals surface area contributed by atoms with Crippen molar-refractivity contribution in [2.75, 3.05) is 25.6 Å². The Kier molecular flexibility index (Phi) is 11.6. The minimum atomic E-state index is -2.52. The van der Waals surface area contributed by atoms with Crippen molar-refractivity contribution in [3.8, 4) is 0 Å². The van der Waals surface area contributed by atoms with Crippen LogP contribution in [0.15, 0.2) is 30.3 Å². The zero-order chi connectivity index (χ0) is 17.7. The van der Waals surface area contributed by atoms with E-state index in [0.29, 0.717) is 19.8 Å². The third kappa shape index (κ3) is 8.59. The largest absolute Gasteiger partial charge is 0.500 e. The average Bonchev–Trinajstić information content (AvgIpc) is 2.59. The number of hydrogen-bond donors (Lipinski definition) is 1. The SMILES string of the molecule is CCO[Si](CCCSC(=S)NCc1ccccc1)(OCC)OCC. The molecule has 0 radical (unpaired) electrons. The predicted molar refractivity (Wildman–Crippen MR) is 108 cm³/mol. The molecule has 0 spiro atoms. The van der Waals surface area contributed by atoms with Crippen LogP contribution < -0.4 is 5.32 Å². The van der Waals surface area contributed by atoms with E-state index in [1.54, 1.807) is 11.8 Å². The number of rotatable bonds is 12. The minimum Gasteiger partial charge on any atom is -0.374 e. The van der Waals surface area contributed by atoms with Crippen molar-refractivity contribution in [2.45, 2.75) is 39.8 Å². The highest BCUT2D eigenvalue weighted by Crippen LogP contribution is 2.20. The molecule has 24 heavy (non-hydrogen) atoms. The third-order valence-electron chi connectivity index (χ3n) is 3.23. The van der Waals surface area contributed by atoms with Gasteiger partial charge < -0.3 is 18.6 Å². The van der Waals surface area contributed by atoms with Gasteiger partial charge in [0.1, 0.15) is 4.32 Å². The number of hydrogen-bond acceptors (Lipinski definition) is 5. The molecule has 4 nitrogen and oxygen atoms in total. The Bertz CT molecular complexity index is 445. The zero-order valence-electron chi connectivity index (χ0n) is 14.9. The van der Waals surface area contributed by atoms with E-state index >= 15 is 0 Å². The van der Waals surface area contributed by atoms with Crippen molar-refractivity contribution in [3.63, 3.8) is 0 Å². The summed E-state index contributed by atoms with van der Waals surface area (Å²) >= 11 is 7.05. The number of thioether (sulfide) groups is 1. The topological polar surface area (TPSA) is 39.7 Å². The van der Waals surface area contributed by atoms with Gasteiger partial charge in [0.2, 0.25) is 0 Å². The van der Waals surface area contributed by atoms with Gasteiger partial charge in [0, 0.05) is 38.2 Å². The molecule has 0 aliphatic rings. The summed E-state index contributed by atoms with van der Waals surface area (Å²) in [6.07, 6.45) is 0.962. The van der Waals surface area contributed by atoms with Gasteiger partial charge >= 0.3 is 8.80 Å². The summed E-state index contributed by atoms with van der Waals surface area (Å²) in [5.41, 5.74) is 1.23. The van der Waals surface area contributed by atoms with Crippen LogP contribution in [0.3, 0.4) is 0 Å². The molecule has 1 aromatic rings. The molecular weight excluding hydrogens is 358 g/mol. The van der Waals surface area contributed by atoms with Crippen LogP contribution in [-0.4, -0.2) is 38.7 Å². The monoisotopic (exact) mass is 387 g/mol. The standard InChI is InChI=1S/C17H29NO3S2Si/c1-4-19-24(20-5-2,21-6-3)14-10-13-23-17(22)18-15-16-11-8-7-9-12-16/h7-9,11-12H,4-6,10,13-15H2,1-3H3,(H,18,22). The van der Waals surface area contributed by atoms with Gasteiger partial charge in [-0.25, -0.2) is 0 Å². The molecule has 0 saturated heterocycles. The summed E-state index contributed by atoms with van der Waals surface area (Å²) in [5.74, 6) is 0.933. The number of benzene rings is 1. The van der Waals surface area contributed by atoms with E-state index in [0.717, 1.165) is 29.1 Å². The Hall–Kier alpha value is -0.443. The van der Waals surface area contributed by atoms with Crippen molar-refractivity contribution < 1.29 is 13.3 Å². The zero-order valence-corrected chi connectivity index (χ0v) is 17.5. The third-order valence-corrected chi connectivity index (χ3v) is 7.78. The van der Waals surface area contributed by atoms with Crippen molar-refractivity contribution in [1.82, 2.24) is 5.32 Å². The summed E-state index contributed by atoms with van der Waals surface area (Å²) in [7, 11) is -2.52. The van der Waals surface area contributed by atoms with Crippen LogP contribution in [0, 0.1) is 0 Å². The predicted octanol–water partition coefficient (Wildman–Crippen LogP) is 4.23. The second-order valence-corrected chi connectivity index (χ2v) is 9.56. The van der Waals surface area contributed by atoms with Crippen LogP contribution in [-0.2, 0) is 19.8 Å². The lowest BCUT2D eigenvalue weighted by Crippen LogP contribution is -2.46. The normalized spacial score (nSPS) is 11.5. The molecule has 0 atom stereocenters. The Balaban J connectivity index is 2.29. The van der Waals surface area contributed by atoms with Crippen molar-refractivity contribution in [3.05, 3.63) is 35.9 Å². The average molecular weight is 388 g/mol. The van der Waals surface area contributed by atoms with Crippen LogP contribution in [0.1, 0.15) is 32.8 Å². The summed E-state index contributed by atoms with van der Waals surface area (Å²) in [4.78, 5) is 0. The molecule has 0 fully saturated rings. The molecule has 1 aromatic carbocycles. The van der Waals surface area contributed by atoms with Crippen molar-refractivity contribution >= 4 is 37.1 Å². The minimum absolute atomic E-state index is 0.621. The second-order valence-electron chi connectivity index (χ2n) is 5.06. The molecule has 0 unspecified atom stereocenters. The lowest BCUT2D eigenvalue weighted by Gasteiger charge is -2.28. The molecule has 0 heterocycles. The molecule has 0 amide bonds.